The van der Waals surface area contributed by atoms with E-state index in [4.69, 9.17) is 4.11 Å². The number of likely N-dealkylation sites (tertiary alicyclic amines) is 1. The number of fused-ring (bicyclic) bond motifs is 3. The molecule has 1 N–H and O–H groups in total. The molecule has 2 aliphatic carbocycles. The molecule has 1 saturated heterocycles. The van der Waals surface area contributed by atoms with Crippen molar-refractivity contribution in [2.24, 2.45) is 11.8 Å². The molecule has 39 heavy (non-hydrogen) atoms. The first kappa shape index (κ1) is 23.9. The predicted octanol–water partition coefficient (Wildman–Crippen LogP) is 6.66. The number of carboxylic acids is 1. The topological polar surface area (TPSA) is 57.6 Å². The average Bonchev–Trinajstić information content (AvgIpc) is 3.31. The number of alkyl halides is 4. The normalized spacial score (nSPS) is 29.8. The van der Waals surface area contributed by atoms with Gasteiger partial charge in [-0.15, -0.1) is 0 Å². The monoisotopic (exact) mass is 548 g/mol. The Morgan fingerprint density at radius 2 is 1.69 bits per heavy atom. The number of nitrogens with zero attached hydrogens (tertiary/aromatic N) is 1. The van der Waals surface area contributed by atoms with Crippen LogP contribution in [0.15, 0.2) is 42.5 Å². The zero-order valence-electron chi connectivity index (χ0n) is 24.9. The third-order valence-corrected chi connectivity index (χ3v) is 9.40. The number of rotatable bonds is 5. The van der Waals surface area contributed by atoms with E-state index in [0.717, 1.165) is 11.1 Å². The van der Waals surface area contributed by atoms with Crippen molar-refractivity contribution in [3.63, 3.8) is 0 Å². The van der Waals surface area contributed by atoms with Crippen LogP contribution in [-0.4, -0.2) is 40.6 Å². The number of hydrogen-bond acceptors (Lipinski definition) is 2. The van der Waals surface area contributed by atoms with Crippen LogP contribution >= 0.6 is 0 Å². The molecular weight excluding hydrogens is 510 g/mol. The summed E-state index contributed by atoms with van der Waals surface area (Å²) in [4.78, 5) is 27.1. The number of carboxylic acid groups (broad SMARTS) is 1. The number of halogens is 4. The molecule has 8 heteroatoms. The molecule has 1 aliphatic heterocycles. The van der Waals surface area contributed by atoms with Gasteiger partial charge in [-0.25, -0.2) is 4.39 Å². The second kappa shape index (κ2) is 9.93. The standard InChI is InChI=1S/C31H35F4NO3/c1-19-3-5-20(6-4-19)18-30-15-16-36(27(37)21-7-9-22(10-8-21)28(38)39)26(30)14-11-23-17-24(12-13-25(23)30)29(2,32)31(33,34)35/h3-6,12-13,17,21-22,26H,7-11,14-16,18H2,1-2H3,(H,38,39)/i1D3. The molecule has 3 atom stereocenters. The number of aryl methyl sites for hydroxylation is 2. The minimum absolute atomic E-state index is 0.0167. The molecule has 210 valence electrons. The van der Waals surface area contributed by atoms with Crippen LogP contribution in [0.3, 0.4) is 0 Å². The van der Waals surface area contributed by atoms with E-state index in [1.807, 2.05) is 4.90 Å². The smallest absolute Gasteiger partial charge is 0.426 e. The fourth-order valence-electron chi connectivity index (χ4n) is 7.10. The third-order valence-electron chi connectivity index (χ3n) is 9.40. The van der Waals surface area contributed by atoms with Gasteiger partial charge >= 0.3 is 12.1 Å². The fraction of sp³-hybridized carbons (Fsp3) is 0.548. The summed E-state index contributed by atoms with van der Waals surface area (Å²) >= 11 is 0. The maximum atomic E-state index is 14.9. The highest BCUT2D eigenvalue weighted by atomic mass is 19.4. The maximum Gasteiger partial charge on any atom is 0.426 e. The van der Waals surface area contributed by atoms with Crippen LogP contribution in [-0.2, 0) is 33.5 Å². The van der Waals surface area contributed by atoms with Crippen molar-refractivity contribution in [3.8, 4) is 0 Å². The number of amides is 1. The van der Waals surface area contributed by atoms with E-state index in [9.17, 15) is 32.3 Å². The minimum Gasteiger partial charge on any atom is -0.481 e. The largest absolute Gasteiger partial charge is 0.481 e. The lowest BCUT2D eigenvalue weighted by Gasteiger charge is -2.45. The van der Waals surface area contributed by atoms with Crippen molar-refractivity contribution in [1.29, 1.82) is 0 Å². The lowest BCUT2D eigenvalue weighted by atomic mass is 9.63. The number of carbonyl (C=O) groups excluding carboxylic acids is 1. The molecule has 0 aromatic heterocycles. The summed E-state index contributed by atoms with van der Waals surface area (Å²) in [5.41, 5.74) is -2.14. The Balaban J connectivity index is 1.50. The second-order valence-corrected chi connectivity index (χ2v) is 11.6. The van der Waals surface area contributed by atoms with Crippen molar-refractivity contribution >= 4 is 11.9 Å². The van der Waals surface area contributed by atoms with Crippen LogP contribution < -0.4 is 0 Å². The van der Waals surface area contributed by atoms with Crippen LogP contribution in [0.4, 0.5) is 17.6 Å². The summed E-state index contributed by atoms with van der Waals surface area (Å²) in [7, 11) is 0. The number of aliphatic carboxylic acids is 1. The van der Waals surface area contributed by atoms with Gasteiger partial charge in [0.1, 0.15) is 0 Å². The fourth-order valence-corrected chi connectivity index (χ4v) is 7.10. The van der Waals surface area contributed by atoms with E-state index in [1.54, 1.807) is 30.3 Å². The van der Waals surface area contributed by atoms with Gasteiger partial charge in [0.2, 0.25) is 11.6 Å². The van der Waals surface area contributed by atoms with Gasteiger partial charge in [0, 0.05) is 28.0 Å². The Hall–Kier alpha value is -2.90. The molecule has 4 nitrogen and oxygen atoms in total. The quantitative estimate of drug-likeness (QED) is 0.425. The Labute approximate surface area is 230 Å². The summed E-state index contributed by atoms with van der Waals surface area (Å²) < 4.78 is 78.6. The van der Waals surface area contributed by atoms with E-state index < -0.39 is 41.6 Å². The zero-order valence-corrected chi connectivity index (χ0v) is 21.9. The SMILES string of the molecule is [2H]C([2H])([2H])c1ccc(CC23CCN(C(=O)C4CCC(C(=O)O)CC4)C2CCc2cc(C(C)(F)C(F)(F)F)ccc23)cc1. The molecule has 1 amide bonds. The summed E-state index contributed by atoms with van der Waals surface area (Å²) in [6.07, 6.45) is -1.33. The van der Waals surface area contributed by atoms with Gasteiger partial charge < -0.3 is 10.0 Å². The Morgan fingerprint density at radius 1 is 1.03 bits per heavy atom. The van der Waals surface area contributed by atoms with Crippen molar-refractivity contribution < 1.29 is 36.4 Å². The van der Waals surface area contributed by atoms with Gasteiger partial charge in [0.25, 0.3) is 0 Å². The molecule has 3 unspecified atom stereocenters. The molecule has 2 aromatic carbocycles. The highest BCUT2D eigenvalue weighted by Gasteiger charge is 2.56. The minimum atomic E-state index is -5.07. The van der Waals surface area contributed by atoms with Crippen LogP contribution in [0.2, 0.25) is 0 Å². The number of carbonyl (C=O) groups is 2. The second-order valence-electron chi connectivity index (χ2n) is 11.6. The number of benzene rings is 2. The van der Waals surface area contributed by atoms with Crippen molar-refractivity contribution in [3.05, 3.63) is 70.3 Å². The summed E-state index contributed by atoms with van der Waals surface area (Å²) in [5, 5.41) is 9.36. The van der Waals surface area contributed by atoms with Gasteiger partial charge in [-0.05, 0) is 87.4 Å². The molecule has 5 rings (SSSR count). The molecule has 0 bridgehead atoms. The average molecular weight is 549 g/mol. The number of hydrogen-bond donors (Lipinski definition) is 1. The Bertz CT molecular complexity index is 1350. The zero-order chi connectivity index (χ0) is 30.7. The highest BCUT2D eigenvalue weighted by molar-refractivity contribution is 5.80. The molecule has 3 aliphatic rings. The van der Waals surface area contributed by atoms with Crippen molar-refractivity contribution in [2.75, 3.05) is 6.54 Å². The summed E-state index contributed by atoms with van der Waals surface area (Å²) in [6.45, 7) is -1.29. The van der Waals surface area contributed by atoms with Gasteiger partial charge in [0.15, 0.2) is 0 Å². The van der Waals surface area contributed by atoms with Gasteiger partial charge in [-0.2, -0.15) is 13.2 Å². The molecule has 0 spiro atoms. The molecule has 2 fully saturated rings. The highest BCUT2D eigenvalue weighted by Crippen LogP contribution is 2.51. The van der Waals surface area contributed by atoms with Crippen molar-refractivity contribution in [2.45, 2.75) is 88.4 Å². The first-order chi connectivity index (χ1) is 19.5. The van der Waals surface area contributed by atoms with Gasteiger partial charge in [-0.1, -0.05) is 48.0 Å². The Kier molecular flexibility index (Phi) is 6.10. The molecule has 1 saturated carbocycles. The first-order valence-corrected chi connectivity index (χ1v) is 13.6. The summed E-state index contributed by atoms with van der Waals surface area (Å²) in [5.74, 6) is -1.59. The molecule has 2 aromatic rings. The predicted molar refractivity (Wildman–Crippen MR) is 139 cm³/mol. The van der Waals surface area contributed by atoms with E-state index in [1.165, 1.54) is 12.1 Å². The van der Waals surface area contributed by atoms with Crippen LogP contribution in [0.5, 0.6) is 0 Å². The van der Waals surface area contributed by atoms with E-state index in [-0.39, 0.29) is 23.4 Å². The van der Waals surface area contributed by atoms with Crippen LogP contribution in [0, 0.1) is 18.7 Å². The molecular formula is C31H35F4NO3. The van der Waals surface area contributed by atoms with E-state index >= 15 is 0 Å². The van der Waals surface area contributed by atoms with Gasteiger partial charge in [-0.3, -0.25) is 9.59 Å². The first-order valence-electron chi connectivity index (χ1n) is 15.1. The van der Waals surface area contributed by atoms with Crippen molar-refractivity contribution in [1.82, 2.24) is 4.90 Å². The van der Waals surface area contributed by atoms with Crippen LogP contribution in [0.1, 0.15) is 77.4 Å². The lowest BCUT2D eigenvalue weighted by molar-refractivity contribution is -0.228. The van der Waals surface area contributed by atoms with E-state index in [2.05, 4.69) is 0 Å². The molecule has 0 radical (unpaired) electrons. The summed E-state index contributed by atoms with van der Waals surface area (Å²) in [6, 6.07) is 10.5. The Morgan fingerprint density at radius 3 is 2.31 bits per heavy atom. The third kappa shape index (κ3) is 4.84. The van der Waals surface area contributed by atoms with E-state index in [0.29, 0.717) is 70.4 Å². The lowest BCUT2D eigenvalue weighted by Crippen LogP contribution is -2.51. The molecule has 1 heterocycles. The maximum absolute atomic E-state index is 14.9. The van der Waals surface area contributed by atoms with Crippen LogP contribution in [0.25, 0.3) is 0 Å². The van der Waals surface area contributed by atoms with Gasteiger partial charge in [0.05, 0.1) is 5.92 Å².